The molecule has 1 fully saturated rings. The summed E-state index contributed by atoms with van der Waals surface area (Å²) in [6.07, 6.45) is 0. The number of hydrogen-bond acceptors (Lipinski definition) is 7. The van der Waals surface area contributed by atoms with Crippen LogP contribution in [0.15, 0.2) is 60.7 Å². The van der Waals surface area contributed by atoms with Gasteiger partial charge in [0.1, 0.15) is 6.54 Å². The van der Waals surface area contributed by atoms with E-state index in [-0.39, 0.29) is 24.5 Å². The minimum absolute atomic E-state index is 0.0198. The van der Waals surface area contributed by atoms with Gasteiger partial charge in [0.05, 0.1) is 19.9 Å². The normalized spacial score (nSPS) is 13.3. The molecular formula is C29H36N6O4. The van der Waals surface area contributed by atoms with Gasteiger partial charge in [-0.3, -0.25) is 4.79 Å². The zero-order chi connectivity index (χ0) is 27.8. The quantitative estimate of drug-likeness (QED) is 0.451. The van der Waals surface area contributed by atoms with E-state index in [1.165, 1.54) is 0 Å². The standard InChI is InChI=1S/C29H36N6O4/c1-21(2)30-29(37)35(19-22-8-6-5-7-9-22)20-28(36)34-16-14-33(15-17-34)27-13-11-24(31-32-27)23-10-12-25(38-3)26(18-23)39-4/h5-13,18,21H,14-17,19-20H2,1-4H3,(H,30,37). The van der Waals surface area contributed by atoms with Gasteiger partial charge in [-0.15, -0.1) is 10.2 Å². The molecule has 1 aromatic heterocycles. The van der Waals surface area contributed by atoms with Gasteiger partial charge in [-0.2, -0.15) is 0 Å². The maximum atomic E-state index is 13.2. The number of benzene rings is 2. The number of amides is 3. The lowest BCUT2D eigenvalue weighted by Crippen LogP contribution is -2.53. The molecule has 206 valence electrons. The Morgan fingerprint density at radius 3 is 2.26 bits per heavy atom. The SMILES string of the molecule is COc1ccc(-c2ccc(N3CCN(C(=O)CN(Cc4ccccc4)C(=O)NC(C)C)CC3)nn2)cc1OC. The van der Waals surface area contributed by atoms with E-state index < -0.39 is 0 Å². The van der Waals surface area contributed by atoms with Crippen LogP contribution in [0, 0.1) is 0 Å². The van der Waals surface area contributed by atoms with Gasteiger partial charge in [0.15, 0.2) is 17.3 Å². The molecule has 0 aliphatic carbocycles. The van der Waals surface area contributed by atoms with Gasteiger partial charge in [0.25, 0.3) is 0 Å². The predicted molar refractivity (Wildman–Crippen MR) is 150 cm³/mol. The first-order valence-corrected chi connectivity index (χ1v) is 13.1. The summed E-state index contributed by atoms with van der Waals surface area (Å²) in [7, 11) is 3.20. The van der Waals surface area contributed by atoms with Crippen molar-refractivity contribution in [1.82, 2.24) is 25.3 Å². The number of urea groups is 1. The fourth-order valence-electron chi connectivity index (χ4n) is 4.43. The van der Waals surface area contributed by atoms with Gasteiger partial charge in [-0.05, 0) is 49.7 Å². The predicted octanol–water partition coefficient (Wildman–Crippen LogP) is 3.43. The molecule has 1 saturated heterocycles. The van der Waals surface area contributed by atoms with Crippen molar-refractivity contribution in [1.29, 1.82) is 0 Å². The van der Waals surface area contributed by atoms with E-state index in [0.717, 1.165) is 22.6 Å². The second-order valence-corrected chi connectivity index (χ2v) is 9.66. The first-order chi connectivity index (χ1) is 18.9. The van der Waals surface area contributed by atoms with Crippen molar-refractivity contribution in [3.8, 4) is 22.8 Å². The van der Waals surface area contributed by atoms with E-state index in [9.17, 15) is 9.59 Å². The molecule has 2 heterocycles. The lowest BCUT2D eigenvalue weighted by molar-refractivity contribution is -0.132. The molecule has 3 amide bonds. The fourth-order valence-corrected chi connectivity index (χ4v) is 4.43. The summed E-state index contributed by atoms with van der Waals surface area (Å²) in [5.41, 5.74) is 2.58. The Morgan fingerprint density at radius 2 is 1.64 bits per heavy atom. The van der Waals surface area contributed by atoms with Crippen LogP contribution in [0.4, 0.5) is 10.6 Å². The number of hydrogen-bond donors (Lipinski definition) is 1. The first-order valence-electron chi connectivity index (χ1n) is 13.1. The van der Waals surface area contributed by atoms with E-state index in [1.54, 1.807) is 19.1 Å². The third-order valence-corrected chi connectivity index (χ3v) is 6.53. The average Bonchev–Trinajstić information content (AvgIpc) is 2.96. The van der Waals surface area contributed by atoms with Crippen LogP contribution in [-0.2, 0) is 11.3 Å². The molecule has 1 N–H and O–H groups in total. The number of nitrogens with one attached hydrogen (secondary N) is 1. The summed E-state index contributed by atoms with van der Waals surface area (Å²) < 4.78 is 10.7. The molecule has 39 heavy (non-hydrogen) atoms. The molecule has 0 bridgehead atoms. The number of methoxy groups -OCH3 is 2. The van der Waals surface area contributed by atoms with E-state index in [0.29, 0.717) is 44.2 Å². The molecule has 0 radical (unpaired) electrons. The molecule has 0 spiro atoms. The molecule has 0 saturated carbocycles. The van der Waals surface area contributed by atoms with Crippen LogP contribution < -0.4 is 19.7 Å². The first kappa shape index (κ1) is 27.7. The summed E-state index contributed by atoms with van der Waals surface area (Å²) in [6.45, 7) is 6.55. The number of carbonyl (C=O) groups is 2. The highest BCUT2D eigenvalue weighted by molar-refractivity contribution is 5.84. The van der Waals surface area contributed by atoms with Crippen molar-refractivity contribution in [3.05, 3.63) is 66.2 Å². The Hall–Kier alpha value is -4.34. The van der Waals surface area contributed by atoms with Crippen molar-refractivity contribution in [2.45, 2.75) is 26.4 Å². The van der Waals surface area contributed by atoms with Crippen LogP contribution in [0.25, 0.3) is 11.3 Å². The minimum atomic E-state index is -0.245. The van der Waals surface area contributed by atoms with Crippen molar-refractivity contribution in [2.75, 3.05) is 51.8 Å². The van der Waals surface area contributed by atoms with Crippen LogP contribution in [0.3, 0.4) is 0 Å². The monoisotopic (exact) mass is 532 g/mol. The van der Waals surface area contributed by atoms with Crippen LogP contribution in [0.2, 0.25) is 0 Å². The average molecular weight is 533 g/mol. The lowest BCUT2D eigenvalue weighted by Gasteiger charge is -2.36. The van der Waals surface area contributed by atoms with E-state index in [2.05, 4.69) is 20.4 Å². The number of piperazine rings is 1. The molecule has 3 aromatic rings. The second kappa shape index (κ2) is 12.9. The van der Waals surface area contributed by atoms with E-state index >= 15 is 0 Å². The third-order valence-electron chi connectivity index (χ3n) is 6.53. The van der Waals surface area contributed by atoms with Gasteiger partial charge >= 0.3 is 6.03 Å². The highest BCUT2D eigenvalue weighted by Crippen LogP contribution is 2.31. The van der Waals surface area contributed by atoms with Gasteiger partial charge in [-0.1, -0.05) is 30.3 Å². The molecule has 1 aliphatic rings. The smallest absolute Gasteiger partial charge is 0.318 e. The zero-order valence-electron chi connectivity index (χ0n) is 23.0. The molecule has 2 aromatic carbocycles. The van der Waals surface area contributed by atoms with E-state index in [1.807, 2.05) is 79.4 Å². The van der Waals surface area contributed by atoms with Crippen molar-refractivity contribution in [2.24, 2.45) is 0 Å². The zero-order valence-corrected chi connectivity index (χ0v) is 23.0. The van der Waals surface area contributed by atoms with Crippen LogP contribution >= 0.6 is 0 Å². The van der Waals surface area contributed by atoms with Crippen LogP contribution in [0.1, 0.15) is 19.4 Å². The van der Waals surface area contributed by atoms with Gasteiger partial charge < -0.3 is 29.5 Å². The summed E-state index contributed by atoms with van der Waals surface area (Å²) in [6, 6.07) is 18.9. The molecule has 10 nitrogen and oxygen atoms in total. The minimum Gasteiger partial charge on any atom is -0.493 e. The van der Waals surface area contributed by atoms with Gasteiger partial charge in [0.2, 0.25) is 5.91 Å². The highest BCUT2D eigenvalue weighted by Gasteiger charge is 2.26. The molecule has 10 heteroatoms. The summed E-state index contributed by atoms with van der Waals surface area (Å²) in [4.78, 5) is 31.5. The van der Waals surface area contributed by atoms with Crippen molar-refractivity contribution >= 4 is 17.8 Å². The maximum Gasteiger partial charge on any atom is 0.318 e. The molecule has 4 rings (SSSR count). The molecule has 0 atom stereocenters. The fraction of sp³-hybridized carbons (Fsp3) is 0.379. The Kier molecular flexibility index (Phi) is 9.19. The highest BCUT2D eigenvalue weighted by atomic mass is 16.5. The van der Waals surface area contributed by atoms with Gasteiger partial charge in [0, 0.05) is 44.3 Å². The van der Waals surface area contributed by atoms with Crippen LogP contribution in [0.5, 0.6) is 11.5 Å². The molecule has 1 aliphatic heterocycles. The number of ether oxygens (including phenoxy) is 2. The van der Waals surface area contributed by atoms with Gasteiger partial charge in [-0.25, -0.2) is 4.79 Å². The van der Waals surface area contributed by atoms with Crippen molar-refractivity contribution < 1.29 is 19.1 Å². The second-order valence-electron chi connectivity index (χ2n) is 9.66. The summed E-state index contributed by atoms with van der Waals surface area (Å²) in [5, 5.41) is 11.8. The Bertz CT molecular complexity index is 1240. The maximum absolute atomic E-state index is 13.2. The topological polar surface area (TPSA) is 100 Å². The largest absolute Gasteiger partial charge is 0.493 e. The summed E-state index contributed by atoms with van der Waals surface area (Å²) >= 11 is 0. The van der Waals surface area contributed by atoms with Crippen molar-refractivity contribution in [3.63, 3.8) is 0 Å². The molecular weight excluding hydrogens is 496 g/mol. The molecule has 0 unspecified atom stereocenters. The van der Waals surface area contributed by atoms with Crippen LogP contribution in [-0.4, -0.2) is 84.9 Å². The number of anilines is 1. The van der Waals surface area contributed by atoms with E-state index in [4.69, 9.17) is 9.47 Å². The Morgan fingerprint density at radius 1 is 0.923 bits per heavy atom. The Labute approximate surface area is 229 Å². The Balaban J connectivity index is 1.35. The number of rotatable bonds is 9. The number of carbonyl (C=O) groups excluding carboxylic acids is 2. The number of aromatic nitrogens is 2. The lowest BCUT2D eigenvalue weighted by atomic mass is 10.1. The third kappa shape index (κ3) is 7.16. The summed E-state index contributed by atoms with van der Waals surface area (Å²) in [5.74, 6) is 1.97. The number of nitrogens with zero attached hydrogens (tertiary/aromatic N) is 5.